The van der Waals surface area contributed by atoms with Crippen LogP contribution in [0.1, 0.15) is 17.2 Å². The summed E-state index contributed by atoms with van der Waals surface area (Å²) in [4.78, 5) is 10.4. The molecule has 5 heteroatoms. The quantitative estimate of drug-likeness (QED) is 0.877. The van der Waals surface area contributed by atoms with E-state index in [0.717, 1.165) is 5.56 Å². The number of carboxylic acids is 1. The van der Waals surface area contributed by atoms with E-state index in [0.29, 0.717) is 15.6 Å². The lowest BCUT2D eigenvalue weighted by atomic mass is 10.0. The summed E-state index contributed by atoms with van der Waals surface area (Å²) in [6.07, 6.45) is -1.41. The van der Waals surface area contributed by atoms with Gasteiger partial charge in [-0.25, -0.2) is 4.79 Å². The number of rotatable bonds is 2. The minimum Gasteiger partial charge on any atom is -0.479 e. The third kappa shape index (κ3) is 4.85. The van der Waals surface area contributed by atoms with Crippen LogP contribution >= 0.6 is 23.2 Å². The monoisotopic (exact) mass is 312 g/mol. The van der Waals surface area contributed by atoms with E-state index >= 15 is 0 Å². The molecule has 2 N–H and O–H groups in total. The summed E-state index contributed by atoms with van der Waals surface area (Å²) in [6.45, 7) is 1.77. The molecule has 0 saturated heterocycles. The zero-order valence-corrected chi connectivity index (χ0v) is 12.3. The number of halogens is 2. The lowest BCUT2D eigenvalue weighted by molar-refractivity contribution is -0.147. The first-order valence-electron chi connectivity index (χ1n) is 5.80. The van der Waals surface area contributed by atoms with Crippen molar-refractivity contribution in [1.82, 2.24) is 0 Å². The van der Waals surface area contributed by atoms with E-state index in [1.165, 1.54) is 0 Å². The normalized spacial score (nSPS) is 11.2. The smallest absolute Gasteiger partial charge is 0.337 e. The fraction of sp³-hybridized carbons (Fsp3) is 0.133. The molecule has 0 aliphatic rings. The molecule has 106 valence electrons. The molecule has 2 aromatic rings. The molecule has 0 bridgehead atoms. The van der Waals surface area contributed by atoms with Crippen molar-refractivity contribution in [3.05, 3.63) is 69.7 Å². The summed E-state index contributed by atoms with van der Waals surface area (Å²) in [5.74, 6) is -1.22. The number of aliphatic carboxylic acids is 1. The van der Waals surface area contributed by atoms with Crippen LogP contribution in [0.2, 0.25) is 10.0 Å². The van der Waals surface area contributed by atoms with Crippen molar-refractivity contribution < 1.29 is 15.0 Å². The predicted octanol–water partition coefficient (Wildman–Crippen LogP) is 4.11. The molecule has 3 nitrogen and oxygen atoms in total. The van der Waals surface area contributed by atoms with Gasteiger partial charge in [-0.1, -0.05) is 59.6 Å². The van der Waals surface area contributed by atoms with Crippen LogP contribution in [0, 0.1) is 6.92 Å². The summed E-state index contributed by atoms with van der Waals surface area (Å²) >= 11 is 11.2. The highest BCUT2D eigenvalue weighted by Crippen LogP contribution is 2.19. The number of hydrogen-bond donors (Lipinski definition) is 2. The first-order valence-corrected chi connectivity index (χ1v) is 6.55. The van der Waals surface area contributed by atoms with Gasteiger partial charge >= 0.3 is 5.97 Å². The Morgan fingerprint density at radius 3 is 1.85 bits per heavy atom. The van der Waals surface area contributed by atoms with Crippen molar-refractivity contribution in [2.75, 3.05) is 0 Å². The van der Waals surface area contributed by atoms with Crippen molar-refractivity contribution in [2.24, 2.45) is 0 Å². The molecule has 1 unspecified atom stereocenters. The van der Waals surface area contributed by atoms with Crippen LogP contribution in [0.25, 0.3) is 0 Å². The molecule has 0 amide bonds. The Kier molecular flexibility index (Phi) is 6.52. The number of aryl methyl sites for hydroxylation is 1. The molecule has 2 aromatic carbocycles. The van der Waals surface area contributed by atoms with Crippen molar-refractivity contribution in [2.45, 2.75) is 13.0 Å². The number of carboxylic acid groups (broad SMARTS) is 1. The molecule has 2 rings (SSSR count). The summed E-state index contributed by atoms with van der Waals surface area (Å²) < 4.78 is 0. The van der Waals surface area contributed by atoms with E-state index in [1.54, 1.807) is 43.3 Å². The molecule has 1 atom stereocenters. The van der Waals surface area contributed by atoms with Gasteiger partial charge in [0.15, 0.2) is 6.10 Å². The predicted molar refractivity (Wildman–Crippen MR) is 80.2 cm³/mol. The molecule has 0 radical (unpaired) electrons. The van der Waals surface area contributed by atoms with Gasteiger partial charge < -0.3 is 10.2 Å². The summed E-state index contributed by atoms with van der Waals surface area (Å²) in [5, 5.41) is 18.9. The van der Waals surface area contributed by atoms with Crippen LogP contribution in [-0.4, -0.2) is 16.2 Å². The zero-order valence-electron chi connectivity index (χ0n) is 10.8. The largest absolute Gasteiger partial charge is 0.479 e. The van der Waals surface area contributed by atoms with Crippen LogP contribution in [0.3, 0.4) is 0 Å². The molecule has 0 aliphatic heterocycles. The van der Waals surface area contributed by atoms with Crippen molar-refractivity contribution in [3.63, 3.8) is 0 Å². The Labute approximate surface area is 127 Å². The number of aliphatic hydroxyl groups is 1. The molecule has 20 heavy (non-hydrogen) atoms. The van der Waals surface area contributed by atoms with Gasteiger partial charge in [0.25, 0.3) is 0 Å². The molecule has 0 aliphatic carbocycles. The van der Waals surface area contributed by atoms with E-state index in [1.807, 2.05) is 12.1 Å². The minimum atomic E-state index is -1.41. The van der Waals surface area contributed by atoms with E-state index in [4.69, 9.17) is 28.3 Å². The van der Waals surface area contributed by atoms with E-state index < -0.39 is 12.1 Å². The molecule has 0 fully saturated rings. The van der Waals surface area contributed by atoms with Gasteiger partial charge in [0, 0.05) is 0 Å². The van der Waals surface area contributed by atoms with Crippen LogP contribution in [0.5, 0.6) is 0 Å². The second-order valence-corrected chi connectivity index (χ2v) is 4.83. The van der Waals surface area contributed by atoms with Crippen LogP contribution in [0.4, 0.5) is 0 Å². The fourth-order valence-electron chi connectivity index (χ4n) is 1.47. The molecule has 0 aromatic heterocycles. The number of carbonyl (C=O) groups is 1. The standard InChI is InChI=1S/C9H10O3.C6H4Cl2/c1-6-4-2-3-5-7(6)8(10)9(11)12;7-5-3-1-2-4-6(5)8/h2-5,8,10H,1H3,(H,11,12);1-4H. The Bertz CT molecular complexity index is 564. The van der Waals surface area contributed by atoms with Crippen LogP contribution in [0.15, 0.2) is 48.5 Å². The highest BCUT2D eigenvalue weighted by Gasteiger charge is 2.16. The molecular formula is C15H14Cl2O3. The van der Waals surface area contributed by atoms with Gasteiger partial charge in [-0.3, -0.25) is 0 Å². The molecule has 0 spiro atoms. The number of aliphatic hydroxyl groups excluding tert-OH is 1. The Morgan fingerprint density at radius 1 is 1.00 bits per heavy atom. The maximum atomic E-state index is 10.4. The Hall–Kier alpha value is -1.55. The van der Waals surface area contributed by atoms with Crippen LogP contribution in [-0.2, 0) is 4.79 Å². The van der Waals surface area contributed by atoms with E-state index in [9.17, 15) is 9.90 Å². The summed E-state index contributed by atoms with van der Waals surface area (Å²) in [7, 11) is 0. The molecule has 0 heterocycles. The first-order chi connectivity index (χ1) is 9.43. The minimum absolute atomic E-state index is 0.449. The van der Waals surface area contributed by atoms with Gasteiger partial charge in [0.05, 0.1) is 10.0 Å². The van der Waals surface area contributed by atoms with Crippen molar-refractivity contribution in [1.29, 1.82) is 0 Å². The van der Waals surface area contributed by atoms with Gasteiger partial charge in [-0.2, -0.15) is 0 Å². The maximum Gasteiger partial charge on any atom is 0.337 e. The van der Waals surface area contributed by atoms with Crippen molar-refractivity contribution >= 4 is 29.2 Å². The second-order valence-electron chi connectivity index (χ2n) is 4.01. The lowest BCUT2D eigenvalue weighted by Crippen LogP contribution is -2.11. The van der Waals surface area contributed by atoms with Crippen LogP contribution < -0.4 is 0 Å². The average molecular weight is 313 g/mol. The highest BCUT2D eigenvalue weighted by molar-refractivity contribution is 6.41. The highest BCUT2D eigenvalue weighted by atomic mass is 35.5. The molecular weight excluding hydrogens is 299 g/mol. The van der Waals surface area contributed by atoms with Gasteiger partial charge in [0.2, 0.25) is 0 Å². The third-order valence-corrected chi connectivity index (χ3v) is 3.30. The van der Waals surface area contributed by atoms with E-state index in [-0.39, 0.29) is 0 Å². The summed E-state index contributed by atoms with van der Waals surface area (Å²) in [6, 6.07) is 14.1. The first kappa shape index (κ1) is 16.5. The van der Waals surface area contributed by atoms with Gasteiger partial charge in [-0.05, 0) is 30.2 Å². The Balaban J connectivity index is 0.000000217. The number of benzene rings is 2. The third-order valence-electron chi connectivity index (χ3n) is 2.54. The zero-order chi connectivity index (χ0) is 15.1. The van der Waals surface area contributed by atoms with Gasteiger partial charge in [0.1, 0.15) is 0 Å². The second kappa shape index (κ2) is 7.90. The topological polar surface area (TPSA) is 57.5 Å². The average Bonchev–Trinajstić information content (AvgIpc) is 2.42. The maximum absolute atomic E-state index is 10.4. The lowest BCUT2D eigenvalue weighted by Gasteiger charge is -2.07. The van der Waals surface area contributed by atoms with Gasteiger partial charge in [-0.15, -0.1) is 0 Å². The Morgan fingerprint density at radius 2 is 1.45 bits per heavy atom. The molecule has 0 saturated carbocycles. The number of hydrogen-bond acceptors (Lipinski definition) is 2. The SMILES string of the molecule is Cc1ccccc1C(O)C(=O)O.Clc1ccccc1Cl. The van der Waals surface area contributed by atoms with Crippen molar-refractivity contribution in [3.8, 4) is 0 Å². The fourth-order valence-corrected chi connectivity index (χ4v) is 1.74. The van der Waals surface area contributed by atoms with E-state index in [2.05, 4.69) is 0 Å². The summed E-state index contributed by atoms with van der Waals surface area (Å²) in [5.41, 5.74) is 1.23.